The predicted molar refractivity (Wildman–Crippen MR) is 141 cm³/mol. The number of hydrogen-bond acceptors (Lipinski definition) is 2. The Morgan fingerprint density at radius 3 is 2.50 bits per heavy atom. The highest BCUT2D eigenvalue weighted by Crippen LogP contribution is 2.68. The van der Waals surface area contributed by atoms with Crippen LogP contribution in [0.2, 0.25) is 0 Å². The lowest BCUT2D eigenvalue weighted by Gasteiger charge is -2.62. The lowest BCUT2D eigenvalue weighted by Crippen LogP contribution is -2.57. The second-order valence-corrected chi connectivity index (χ2v) is 14.1. The highest BCUT2D eigenvalue weighted by Gasteiger charge is 2.62. The van der Waals surface area contributed by atoms with Crippen molar-refractivity contribution in [1.29, 1.82) is 0 Å². The van der Waals surface area contributed by atoms with E-state index in [4.69, 9.17) is 9.47 Å². The van der Waals surface area contributed by atoms with Crippen molar-refractivity contribution in [2.45, 2.75) is 130 Å². The van der Waals surface area contributed by atoms with Gasteiger partial charge in [-0.3, -0.25) is 0 Å². The maximum atomic E-state index is 6.89. The van der Waals surface area contributed by atoms with Gasteiger partial charge in [0.2, 0.25) is 0 Å². The standard InChI is InChI=1S/C32H54O2/c1-22(2)11-10-12-23(3)25-15-16-26-24-21-29(34-30-14-7-9-20-33-30)28-13-6-8-18-31(28,4)27(24)17-19-32(25,26)5/h6,8,22-30H,7,9-21H2,1-5H3/t23-,24+,25-,26+,27+,28-,29-,30?,31-,32-/m1/s1. The van der Waals surface area contributed by atoms with Crippen molar-refractivity contribution in [3.63, 3.8) is 0 Å². The van der Waals surface area contributed by atoms with Crippen LogP contribution in [0.4, 0.5) is 0 Å². The van der Waals surface area contributed by atoms with Crippen molar-refractivity contribution in [1.82, 2.24) is 0 Å². The summed E-state index contributed by atoms with van der Waals surface area (Å²) in [7, 11) is 0. The second kappa shape index (κ2) is 10.2. The Labute approximate surface area is 211 Å². The quantitative estimate of drug-likeness (QED) is 0.273. The molecular formula is C32H54O2. The van der Waals surface area contributed by atoms with Crippen LogP contribution in [0.3, 0.4) is 0 Å². The molecule has 4 aliphatic carbocycles. The fourth-order valence-corrected chi connectivity index (χ4v) is 10.1. The monoisotopic (exact) mass is 470 g/mol. The van der Waals surface area contributed by atoms with Gasteiger partial charge in [-0.05, 0) is 116 Å². The molecule has 0 N–H and O–H groups in total. The molecule has 1 aliphatic heterocycles. The number of hydrogen-bond donors (Lipinski definition) is 0. The van der Waals surface area contributed by atoms with Crippen LogP contribution >= 0.6 is 0 Å². The van der Waals surface area contributed by atoms with E-state index in [0.29, 0.717) is 22.9 Å². The van der Waals surface area contributed by atoms with Gasteiger partial charge < -0.3 is 9.47 Å². The van der Waals surface area contributed by atoms with Gasteiger partial charge in [0.1, 0.15) is 0 Å². The molecular weight excluding hydrogens is 416 g/mol. The van der Waals surface area contributed by atoms with E-state index in [-0.39, 0.29) is 6.29 Å². The van der Waals surface area contributed by atoms with E-state index in [1.54, 1.807) is 0 Å². The lowest BCUT2D eigenvalue weighted by molar-refractivity contribution is -0.239. The molecule has 0 bridgehead atoms. The van der Waals surface area contributed by atoms with Gasteiger partial charge in [-0.2, -0.15) is 0 Å². The normalized spacial score (nSPS) is 47.2. The molecule has 2 heteroatoms. The summed E-state index contributed by atoms with van der Waals surface area (Å²) in [6.45, 7) is 13.6. The molecule has 1 saturated heterocycles. The van der Waals surface area contributed by atoms with E-state index in [9.17, 15) is 0 Å². The molecule has 4 fully saturated rings. The summed E-state index contributed by atoms with van der Waals surface area (Å²) in [5, 5.41) is 0. The average molecular weight is 471 g/mol. The molecule has 0 radical (unpaired) electrons. The first-order chi connectivity index (χ1) is 16.3. The van der Waals surface area contributed by atoms with Crippen molar-refractivity contribution < 1.29 is 9.47 Å². The molecule has 3 saturated carbocycles. The highest BCUT2D eigenvalue weighted by molar-refractivity contribution is 5.14. The van der Waals surface area contributed by atoms with Crippen molar-refractivity contribution in [3.05, 3.63) is 12.2 Å². The summed E-state index contributed by atoms with van der Waals surface area (Å²) in [6, 6.07) is 0. The van der Waals surface area contributed by atoms with Gasteiger partial charge in [0, 0.05) is 6.61 Å². The van der Waals surface area contributed by atoms with Gasteiger partial charge in [0.15, 0.2) is 6.29 Å². The maximum absolute atomic E-state index is 6.89. The van der Waals surface area contributed by atoms with Gasteiger partial charge >= 0.3 is 0 Å². The predicted octanol–water partition coefficient (Wildman–Crippen LogP) is 8.80. The second-order valence-electron chi connectivity index (χ2n) is 14.1. The van der Waals surface area contributed by atoms with Crippen LogP contribution < -0.4 is 0 Å². The van der Waals surface area contributed by atoms with Crippen LogP contribution in [-0.2, 0) is 9.47 Å². The van der Waals surface area contributed by atoms with Crippen molar-refractivity contribution in [3.8, 4) is 0 Å². The third-order valence-electron chi connectivity index (χ3n) is 11.9. The summed E-state index contributed by atoms with van der Waals surface area (Å²) in [6.07, 6.45) is 22.9. The Hall–Kier alpha value is -0.340. The first kappa shape index (κ1) is 25.3. The number of rotatable bonds is 7. The zero-order chi connectivity index (χ0) is 23.9. The molecule has 0 aromatic heterocycles. The minimum Gasteiger partial charge on any atom is -0.353 e. The van der Waals surface area contributed by atoms with Crippen LogP contribution in [0.25, 0.3) is 0 Å². The van der Waals surface area contributed by atoms with Crippen LogP contribution in [-0.4, -0.2) is 19.0 Å². The Balaban J connectivity index is 1.34. The zero-order valence-electron chi connectivity index (χ0n) is 23.1. The molecule has 0 amide bonds. The summed E-state index contributed by atoms with van der Waals surface area (Å²) < 4.78 is 13.0. The lowest BCUT2D eigenvalue weighted by atomic mass is 9.44. The Morgan fingerprint density at radius 1 is 0.912 bits per heavy atom. The topological polar surface area (TPSA) is 18.5 Å². The zero-order valence-corrected chi connectivity index (χ0v) is 23.1. The van der Waals surface area contributed by atoms with E-state index in [1.165, 1.54) is 77.0 Å². The summed E-state index contributed by atoms with van der Waals surface area (Å²) in [4.78, 5) is 0. The summed E-state index contributed by atoms with van der Waals surface area (Å²) >= 11 is 0. The SMILES string of the molecule is CC(C)CCC[C@@H](C)[C@H]1CC[C@H]2[C@@H]3C[C@@H](OC4CCCCO4)[C@H]4CC=CC[C@]4(C)[C@H]3CC[C@]12C. The van der Waals surface area contributed by atoms with Gasteiger partial charge in [0.25, 0.3) is 0 Å². The molecule has 1 unspecified atom stereocenters. The molecule has 194 valence electrons. The van der Waals surface area contributed by atoms with E-state index in [0.717, 1.165) is 48.5 Å². The largest absolute Gasteiger partial charge is 0.353 e. The highest BCUT2D eigenvalue weighted by atomic mass is 16.7. The fourth-order valence-electron chi connectivity index (χ4n) is 10.1. The van der Waals surface area contributed by atoms with Gasteiger partial charge in [0.05, 0.1) is 6.10 Å². The van der Waals surface area contributed by atoms with Gasteiger partial charge in [-0.25, -0.2) is 0 Å². The summed E-state index contributed by atoms with van der Waals surface area (Å²) in [5.74, 6) is 6.00. The number of ether oxygens (including phenoxy) is 2. The van der Waals surface area contributed by atoms with Crippen LogP contribution in [0.15, 0.2) is 12.2 Å². The van der Waals surface area contributed by atoms with Gasteiger partial charge in [-0.15, -0.1) is 0 Å². The summed E-state index contributed by atoms with van der Waals surface area (Å²) in [5.41, 5.74) is 0.970. The Kier molecular flexibility index (Phi) is 7.59. The molecule has 10 atom stereocenters. The molecule has 5 rings (SSSR count). The third kappa shape index (κ3) is 4.57. The van der Waals surface area contributed by atoms with E-state index >= 15 is 0 Å². The Morgan fingerprint density at radius 2 is 1.74 bits per heavy atom. The first-order valence-electron chi connectivity index (χ1n) is 15.2. The van der Waals surface area contributed by atoms with Crippen molar-refractivity contribution >= 4 is 0 Å². The minimum atomic E-state index is 0.0535. The number of fused-ring (bicyclic) bond motifs is 5. The molecule has 0 spiro atoms. The van der Waals surface area contributed by atoms with Crippen molar-refractivity contribution in [2.24, 2.45) is 52.3 Å². The molecule has 34 heavy (non-hydrogen) atoms. The van der Waals surface area contributed by atoms with E-state index in [1.807, 2.05) is 0 Å². The maximum Gasteiger partial charge on any atom is 0.157 e. The van der Waals surface area contributed by atoms with Crippen LogP contribution in [0.1, 0.15) is 118 Å². The molecule has 0 aromatic carbocycles. The fraction of sp³-hybridized carbons (Fsp3) is 0.938. The molecule has 0 aromatic rings. The molecule has 2 nitrogen and oxygen atoms in total. The average Bonchev–Trinajstić information content (AvgIpc) is 3.17. The third-order valence-corrected chi connectivity index (χ3v) is 11.9. The van der Waals surface area contributed by atoms with Crippen LogP contribution in [0.5, 0.6) is 0 Å². The Bertz CT molecular complexity index is 708. The smallest absolute Gasteiger partial charge is 0.157 e. The van der Waals surface area contributed by atoms with E-state index < -0.39 is 0 Å². The van der Waals surface area contributed by atoms with E-state index in [2.05, 4.69) is 46.8 Å². The van der Waals surface area contributed by atoms with Gasteiger partial charge in [-0.1, -0.05) is 66.0 Å². The number of allylic oxidation sites excluding steroid dienone is 2. The van der Waals surface area contributed by atoms with Crippen LogP contribution in [0, 0.1) is 52.3 Å². The van der Waals surface area contributed by atoms with Crippen molar-refractivity contribution in [2.75, 3.05) is 6.61 Å². The first-order valence-corrected chi connectivity index (χ1v) is 15.2. The minimum absolute atomic E-state index is 0.0535. The molecule has 5 aliphatic rings. The molecule has 1 heterocycles.